The number of nitrogens with one attached hydrogen (secondary N) is 1. The summed E-state index contributed by atoms with van der Waals surface area (Å²) in [5, 5.41) is 11.6. The quantitative estimate of drug-likeness (QED) is 0.450. The predicted molar refractivity (Wildman–Crippen MR) is 114 cm³/mol. The summed E-state index contributed by atoms with van der Waals surface area (Å²) in [5.41, 5.74) is 1.56. The molecule has 0 unspecified atom stereocenters. The molecule has 1 N–H and O–H groups in total. The average molecular weight is 402 g/mol. The molecule has 6 nitrogen and oxygen atoms in total. The van der Waals surface area contributed by atoms with Gasteiger partial charge in [0.2, 0.25) is 5.91 Å². The third kappa shape index (κ3) is 4.83. The molecule has 7 heteroatoms. The van der Waals surface area contributed by atoms with Crippen molar-refractivity contribution in [1.29, 1.82) is 0 Å². The lowest BCUT2D eigenvalue weighted by atomic mass is 10.3. The molecule has 144 valence electrons. The van der Waals surface area contributed by atoms with Crippen LogP contribution in [-0.4, -0.2) is 26.4 Å². The zero-order valence-electron chi connectivity index (χ0n) is 15.4. The van der Waals surface area contributed by atoms with Gasteiger partial charge in [0.15, 0.2) is 10.9 Å². The van der Waals surface area contributed by atoms with E-state index in [0.29, 0.717) is 22.3 Å². The van der Waals surface area contributed by atoms with Gasteiger partial charge in [-0.05, 0) is 36.4 Å². The Labute approximate surface area is 172 Å². The lowest BCUT2D eigenvalue weighted by Crippen LogP contribution is -2.15. The first-order valence-corrected chi connectivity index (χ1v) is 9.98. The van der Waals surface area contributed by atoms with Crippen LogP contribution in [0.2, 0.25) is 0 Å². The predicted octanol–water partition coefficient (Wildman–Crippen LogP) is 4.79. The van der Waals surface area contributed by atoms with Crippen molar-refractivity contribution in [2.75, 3.05) is 11.1 Å². The van der Waals surface area contributed by atoms with E-state index in [9.17, 15) is 4.79 Å². The Morgan fingerprint density at radius 2 is 1.62 bits per heavy atom. The summed E-state index contributed by atoms with van der Waals surface area (Å²) in [7, 11) is 0. The second-order valence-electron chi connectivity index (χ2n) is 6.07. The SMILES string of the molecule is O=C(CSc1nncn1-c1ccccc1)Nc1ccccc1Oc1ccccc1. The number of hydrogen-bond donors (Lipinski definition) is 1. The second kappa shape index (κ2) is 9.07. The minimum atomic E-state index is -0.151. The number of hydrogen-bond acceptors (Lipinski definition) is 5. The Kier molecular flexibility index (Phi) is 5.87. The highest BCUT2D eigenvalue weighted by molar-refractivity contribution is 7.99. The molecule has 1 amide bonds. The van der Waals surface area contributed by atoms with E-state index in [1.54, 1.807) is 6.33 Å². The highest BCUT2D eigenvalue weighted by atomic mass is 32.2. The Hall–Kier alpha value is -3.58. The van der Waals surface area contributed by atoms with Gasteiger partial charge >= 0.3 is 0 Å². The Bertz CT molecular complexity index is 1080. The fourth-order valence-corrected chi connectivity index (χ4v) is 3.41. The van der Waals surface area contributed by atoms with Crippen molar-refractivity contribution in [2.24, 2.45) is 0 Å². The van der Waals surface area contributed by atoms with Crippen molar-refractivity contribution in [3.63, 3.8) is 0 Å². The number of para-hydroxylation sites is 4. The monoisotopic (exact) mass is 402 g/mol. The zero-order valence-corrected chi connectivity index (χ0v) is 16.3. The maximum atomic E-state index is 12.5. The molecule has 0 aliphatic carbocycles. The molecule has 3 aromatic carbocycles. The number of nitrogens with zero attached hydrogens (tertiary/aromatic N) is 3. The van der Waals surface area contributed by atoms with Crippen LogP contribution in [0, 0.1) is 0 Å². The van der Waals surface area contributed by atoms with E-state index in [0.717, 1.165) is 5.69 Å². The molecule has 0 saturated carbocycles. The molecule has 0 aliphatic heterocycles. The molecule has 1 heterocycles. The Balaban J connectivity index is 1.41. The Morgan fingerprint density at radius 1 is 0.931 bits per heavy atom. The molecule has 0 bridgehead atoms. The summed E-state index contributed by atoms with van der Waals surface area (Å²) in [6, 6.07) is 26.6. The largest absolute Gasteiger partial charge is 0.455 e. The molecule has 0 fully saturated rings. The van der Waals surface area contributed by atoms with Gasteiger partial charge in [-0.15, -0.1) is 10.2 Å². The first kappa shape index (κ1) is 18.8. The van der Waals surface area contributed by atoms with Crippen LogP contribution in [0.1, 0.15) is 0 Å². The van der Waals surface area contributed by atoms with Crippen LogP contribution in [0.15, 0.2) is 96.4 Å². The summed E-state index contributed by atoms with van der Waals surface area (Å²) in [6.07, 6.45) is 1.64. The van der Waals surface area contributed by atoms with Gasteiger partial charge in [0.05, 0.1) is 11.4 Å². The minimum absolute atomic E-state index is 0.151. The van der Waals surface area contributed by atoms with Crippen LogP contribution in [0.25, 0.3) is 5.69 Å². The number of carbonyl (C=O) groups is 1. The number of anilines is 1. The summed E-state index contributed by atoms with van der Waals surface area (Å²) in [5.74, 6) is 1.34. The molecule has 4 rings (SSSR count). The molecule has 0 aliphatic rings. The van der Waals surface area contributed by atoms with E-state index in [2.05, 4.69) is 15.5 Å². The van der Waals surface area contributed by atoms with Gasteiger partial charge in [0, 0.05) is 5.69 Å². The molecule has 0 spiro atoms. The summed E-state index contributed by atoms with van der Waals surface area (Å²) >= 11 is 1.32. The van der Waals surface area contributed by atoms with Crippen molar-refractivity contribution in [1.82, 2.24) is 14.8 Å². The number of amides is 1. The van der Waals surface area contributed by atoms with Crippen molar-refractivity contribution in [2.45, 2.75) is 5.16 Å². The molecule has 0 saturated heterocycles. The van der Waals surface area contributed by atoms with E-state index in [1.165, 1.54) is 11.8 Å². The highest BCUT2D eigenvalue weighted by Gasteiger charge is 2.12. The normalized spacial score (nSPS) is 10.5. The van der Waals surface area contributed by atoms with Crippen molar-refractivity contribution < 1.29 is 9.53 Å². The van der Waals surface area contributed by atoms with Crippen LogP contribution in [0.4, 0.5) is 5.69 Å². The minimum Gasteiger partial charge on any atom is -0.455 e. The fraction of sp³-hybridized carbons (Fsp3) is 0.0455. The number of rotatable bonds is 7. The van der Waals surface area contributed by atoms with Gasteiger partial charge in [0.25, 0.3) is 0 Å². The molecular formula is C22H18N4O2S. The molecule has 1 aromatic heterocycles. The van der Waals surface area contributed by atoms with E-state index in [4.69, 9.17) is 4.74 Å². The molecule has 4 aromatic rings. The lowest BCUT2D eigenvalue weighted by Gasteiger charge is -2.12. The molecular weight excluding hydrogens is 384 g/mol. The molecule has 0 atom stereocenters. The van der Waals surface area contributed by atoms with Gasteiger partial charge in [-0.3, -0.25) is 9.36 Å². The van der Waals surface area contributed by atoms with Crippen LogP contribution >= 0.6 is 11.8 Å². The summed E-state index contributed by atoms with van der Waals surface area (Å²) in [6.45, 7) is 0. The van der Waals surface area contributed by atoms with Gasteiger partial charge < -0.3 is 10.1 Å². The average Bonchev–Trinajstić information content (AvgIpc) is 3.24. The maximum absolute atomic E-state index is 12.5. The second-order valence-corrected chi connectivity index (χ2v) is 7.01. The van der Waals surface area contributed by atoms with Crippen molar-refractivity contribution in [3.05, 3.63) is 91.3 Å². The third-order valence-corrected chi connectivity index (χ3v) is 4.96. The highest BCUT2D eigenvalue weighted by Crippen LogP contribution is 2.29. The first-order valence-electron chi connectivity index (χ1n) is 8.99. The van der Waals surface area contributed by atoms with Crippen molar-refractivity contribution >= 4 is 23.4 Å². The summed E-state index contributed by atoms with van der Waals surface area (Å²) < 4.78 is 7.74. The number of ether oxygens (including phenoxy) is 1. The van der Waals surface area contributed by atoms with Crippen molar-refractivity contribution in [3.8, 4) is 17.2 Å². The van der Waals surface area contributed by atoms with E-state index < -0.39 is 0 Å². The van der Waals surface area contributed by atoms with E-state index in [-0.39, 0.29) is 11.7 Å². The van der Waals surface area contributed by atoms with Gasteiger partial charge in [-0.1, -0.05) is 60.3 Å². The smallest absolute Gasteiger partial charge is 0.234 e. The van der Waals surface area contributed by atoms with Crippen LogP contribution in [0.5, 0.6) is 11.5 Å². The molecule has 0 radical (unpaired) electrons. The van der Waals surface area contributed by atoms with E-state index >= 15 is 0 Å². The number of aromatic nitrogens is 3. The number of thioether (sulfide) groups is 1. The van der Waals surface area contributed by atoms with Crippen LogP contribution in [-0.2, 0) is 4.79 Å². The van der Waals surface area contributed by atoms with Gasteiger partial charge in [-0.25, -0.2) is 0 Å². The number of carbonyl (C=O) groups excluding carboxylic acids is 1. The standard InChI is InChI=1S/C22H18N4O2S/c27-21(15-29-22-25-23-16-26(22)17-9-3-1-4-10-17)24-19-13-7-8-14-20(19)28-18-11-5-2-6-12-18/h1-14,16H,15H2,(H,24,27). The van der Waals surface area contributed by atoms with Gasteiger partial charge in [0.1, 0.15) is 12.1 Å². The maximum Gasteiger partial charge on any atom is 0.234 e. The van der Waals surface area contributed by atoms with E-state index in [1.807, 2.05) is 89.5 Å². The Morgan fingerprint density at radius 3 is 2.41 bits per heavy atom. The van der Waals surface area contributed by atoms with Crippen LogP contribution in [0.3, 0.4) is 0 Å². The lowest BCUT2D eigenvalue weighted by molar-refractivity contribution is -0.113. The first-order chi connectivity index (χ1) is 14.3. The van der Waals surface area contributed by atoms with Crippen LogP contribution < -0.4 is 10.1 Å². The third-order valence-electron chi connectivity index (χ3n) is 4.02. The zero-order chi connectivity index (χ0) is 19.9. The summed E-state index contributed by atoms with van der Waals surface area (Å²) in [4.78, 5) is 12.5. The molecule has 29 heavy (non-hydrogen) atoms. The topological polar surface area (TPSA) is 69.0 Å². The number of benzene rings is 3. The fourth-order valence-electron chi connectivity index (χ4n) is 2.68. The van der Waals surface area contributed by atoms with Gasteiger partial charge in [-0.2, -0.15) is 0 Å².